The van der Waals surface area contributed by atoms with Gasteiger partial charge in [-0.3, -0.25) is 14.9 Å². The van der Waals surface area contributed by atoms with E-state index in [1.54, 1.807) is 6.92 Å². The predicted molar refractivity (Wildman–Crippen MR) is 104 cm³/mol. The van der Waals surface area contributed by atoms with Crippen LogP contribution in [0, 0.1) is 5.92 Å². The molecule has 0 aromatic heterocycles. The number of benzene rings is 1. The van der Waals surface area contributed by atoms with E-state index in [1.807, 2.05) is 30.3 Å². The van der Waals surface area contributed by atoms with Crippen molar-refractivity contribution in [2.24, 2.45) is 5.92 Å². The van der Waals surface area contributed by atoms with Crippen LogP contribution in [0.25, 0.3) is 0 Å². The lowest BCUT2D eigenvalue weighted by atomic mass is 10.0. The fraction of sp³-hybridized carbons (Fsp3) is 0.571. The number of nitrogens with zero attached hydrogens (tertiary/aromatic N) is 1. The third kappa shape index (κ3) is 4.76. The minimum absolute atomic E-state index is 0.0433. The lowest BCUT2D eigenvalue weighted by Crippen LogP contribution is -2.55. The molecule has 8 heteroatoms. The predicted octanol–water partition coefficient (Wildman–Crippen LogP) is 0.839. The zero-order valence-corrected chi connectivity index (χ0v) is 16.7. The zero-order chi connectivity index (χ0) is 21.0. The number of carbonyl (C=O) groups excluding carboxylic acids is 2. The Morgan fingerprint density at radius 1 is 1.28 bits per heavy atom. The Hall–Kier alpha value is -2.45. The van der Waals surface area contributed by atoms with Crippen molar-refractivity contribution in [1.29, 1.82) is 0 Å². The second-order valence-corrected chi connectivity index (χ2v) is 7.69. The second kappa shape index (κ2) is 9.37. The Bertz CT molecular complexity index is 740. The molecule has 2 N–H and O–H groups in total. The molecule has 0 bridgehead atoms. The van der Waals surface area contributed by atoms with Gasteiger partial charge in [-0.2, -0.15) is 0 Å². The summed E-state index contributed by atoms with van der Waals surface area (Å²) < 4.78 is 10.3. The van der Waals surface area contributed by atoms with Gasteiger partial charge in [-0.1, -0.05) is 30.3 Å². The van der Waals surface area contributed by atoms with Gasteiger partial charge < -0.3 is 19.5 Å². The highest BCUT2D eigenvalue weighted by atomic mass is 16.5. The van der Waals surface area contributed by atoms with Crippen LogP contribution in [0.2, 0.25) is 0 Å². The largest absolute Gasteiger partial charge is 0.480 e. The molecule has 2 saturated heterocycles. The van der Waals surface area contributed by atoms with E-state index in [-0.39, 0.29) is 17.9 Å². The molecule has 2 heterocycles. The molecule has 1 amide bonds. The minimum atomic E-state index is -1.01. The van der Waals surface area contributed by atoms with E-state index in [1.165, 1.54) is 12.0 Å². The molecule has 1 aromatic carbocycles. The molecule has 2 aliphatic rings. The Morgan fingerprint density at radius 3 is 2.66 bits per heavy atom. The highest BCUT2D eigenvalue weighted by Crippen LogP contribution is 2.35. The first-order chi connectivity index (χ1) is 13.9. The van der Waals surface area contributed by atoms with Gasteiger partial charge in [0.15, 0.2) is 0 Å². The standard InChI is InChI=1S/C21H28N2O6/c1-13(19(24)23-17(20(25)26)10-15-11-29-12-18(15)23)22-16(21(27)28-2)9-8-14-6-4-3-5-7-14/h3-7,13,15-18,22H,8-12H2,1-2H3,(H,25,26)/t13-,15?,16-,17?,18?/m0/s1. The summed E-state index contributed by atoms with van der Waals surface area (Å²) in [6.45, 7) is 2.48. The maximum atomic E-state index is 13.1. The van der Waals surface area contributed by atoms with E-state index in [9.17, 15) is 19.5 Å². The SMILES string of the molecule is COC(=O)[C@H](CCc1ccccc1)N[C@@H](C)C(=O)N1C(C(=O)O)CC2COCC21. The van der Waals surface area contributed by atoms with E-state index >= 15 is 0 Å². The number of rotatable bonds is 8. The number of hydrogen-bond donors (Lipinski definition) is 2. The van der Waals surface area contributed by atoms with E-state index < -0.39 is 30.1 Å². The number of amides is 1. The molecule has 2 fully saturated rings. The van der Waals surface area contributed by atoms with Crippen molar-refractivity contribution >= 4 is 17.8 Å². The second-order valence-electron chi connectivity index (χ2n) is 7.69. The Morgan fingerprint density at radius 2 is 2.00 bits per heavy atom. The zero-order valence-electron chi connectivity index (χ0n) is 16.7. The Balaban J connectivity index is 1.67. The van der Waals surface area contributed by atoms with Crippen molar-refractivity contribution in [2.45, 2.75) is 50.4 Å². The number of likely N-dealkylation sites (tertiary alicyclic amines) is 1. The van der Waals surface area contributed by atoms with Gasteiger partial charge in [0, 0.05) is 5.92 Å². The monoisotopic (exact) mass is 404 g/mol. The van der Waals surface area contributed by atoms with Crippen LogP contribution in [0.1, 0.15) is 25.3 Å². The first kappa shape index (κ1) is 21.3. The lowest BCUT2D eigenvalue weighted by Gasteiger charge is -2.31. The maximum absolute atomic E-state index is 13.1. The van der Waals surface area contributed by atoms with E-state index in [0.717, 1.165) is 5.56 Å². The number of nitrogens with one attached hydrogen (secondary N) is 1. The maximum Gasteiger partial charge on any atom is 0.326 e. The average Bonchev–Trinajstić information content (AvgIpc) is 3.31. The number of fused-ring (bicyclic) bond motifs is 1. The molecule has 29 heavy (non-hydrogen) atoms. The summed E-state index contributed by atoms with van der Waals surface area (Å²) in [4.78, 5) is 38.5. The summed E-state index contributed by atoms with van der Waals surface area (Å²) in [6.07, 6.45) is 1.51. The molecule has 8 nitrogen and oxygen atoms in total. The van der Waals surface area contributed by atoms with Crippen molar-refractivity contribution in [3.63, 3.8) is 0 Å². The summed E-state index contributed by atoms with van der Waals surface area (Å²) in [7, 11) is 1.31. The van der Waals surface area contributed by atoms with Gasteiger partial charge in [-0.25, -0.2) is 4.79 Å². The molecule has 0 spiro atoms. The van der Waals surface area contributed by atoms with Crippen LogP contribution in [-0.4, -0.2) is 72.3 Å². The van der Waals surface area contributed by atoms with Crippen molar-refractivity contribution < 1.29 is 29.0 Å². The number of carboxylic acids is 1. The quantitative estimate of drug-likeness (QED) is 0.619. The molecule has 0 saturated carbocycles. The number of ether oxygens (including phenoxy) is 2. The minimum Gasteiger partial charge on any atom is -0.480 e. The molecular weight excluding hydrogens is 376 g/mol. The number of hydrogen-bond acceptors (Lipinski definition) is 6. The fourth-order valence-electron chi connectivity index (χ4n) is 4.25. The Kier molecular flexibility index (Phi) is 6.87. The average molecular weight is 404 g/mol. The number of carbonyl (C=O) groups is 3. The normalized spacial score (nSPS) is 25.3. The van der Waals surface area contributed by atoms with Gasteiger partial charge in [0.05, 0.1) is 32.4 Å². The smallest absolute Gasteiger partial charge is 0.326 e. The molecule has 0 radical (unpaired) electrons. The highest BCUT2D eigenvalue weighted by molar-refractivity contribution is 5.88. The van der Waals surface area contributed by atoms with Gasteiger partial charge in [-0.05, 0) is 31.7 Å². The third-order valence-corrected chi connectivity index (χ3v) is 5.80. The van der Waals surface area contributed by atoms with Gasteiger partial charge in [0.1, 0.15) is 12.1 Å². The van der Waals surface area contributed by atoms with Crippen LogP contribution < -0.4 is 5.32 Å². The molecule has 0 aliphatic carbocycles. The lowest BCUT2D eigenvalue weighted by molar-refractivity contribution is -0.151. The topological polar surface area (TPSA) is 105 Å². The summed E-state index contributed by atoms with van der Waals surface area (Å²) in [6, 6.07) is 7.27. The van der Waals surface area contributed by atoms with Crippen molar-refractivity contribution in [1.82, 2.24) is 10.2 Å². The summed E-state index contributed by atoms with van der Waals surface area (Å²) in [5.41, 5.74) is 1.08. The fourth-order valence-corrected chi connectivity index (χ4v) is 4.25. The highest BCUT2D eigenvalue weighted by Gasteiger charge is 2.50. The number of aryl methyl sites for hydroxylation is 1. The number of esters is 1. The first-order valence-corrected chi connectivity index (χ1v) is 9.93. The van der Waals surface area contributed by atoms with Crippen LogP contribution in [0.5, 0.6) is 0 Å². The molecular formula is C21H28N2O6. The van der Waals surface area contributed by atoms with E-state index in [4.69, 9.17) is 9.47 Å². The number of methoxy groups -OCH3 is 1. The molecule has 1 aromatic rings. The van der Waals surface area contributed by atoms with Crippen LogP contribution in [0.15, 0.2) is 30.3 Å². The van der Waals surface area contributed by atoms with Crippen LogP contribution in [-0.2, 0) is 30.3 Å². The molecule has 2 aliphatic heterocycles. The van der Waals surface area contributed by atoms with Crippen molar-refractivity contribution in [3.8, 4) is 0 Å². The third-order valence-electron chi connectivity index (χ3n) is 5.80. The van der Waals surface area contributed by atoms with Gasteiger partial charge in [-0.15, -0.1) is 0 Å². The number of aliphatic carboxylic acids is 1. The summed E-state index contributed by atoms with van der Waals surface area (Å²) in [5, 5.41) is 12.6. The molecule has 3 rings (SSSR count). The van der Waals surface area contributed by atoms with Crippen LogP contribution >= 0.6 is 0 Å². The van der Waals surface area contributed by atoms with Crippen LogP contribution in [0.3, 0.4) is 0 Å². The van der Waals surface area contributed by atoms with Gasteiger partial charge in [0.2, 0.25) is 5.91 Å². The van der Waals surface area contributed by atoms with Crippen LogP contribution in [0.4, 0.5) is 0 Å². The van der Waals surface area contributed by atoms with E-state index in [2.05, 4.69) is 5.32 Å². The summed E-state index contributed by atoms with van der Waals surface area (Å²) in [5.74, 6) is -1.74. The van der Waals surface area contributed by atoms with E-state index in [0.29, 0.717) is 32.5 Å². The Labute approximate surface area is 170 Å². The van der Waals surface area contributed by atoms with Crippen molar-refractivity contribution in [3.05, 3.63) is 35.9 Å². The molecule has 158 valence electrons. The van der Waals surface area contributed by atoms with Crippen molar-refractivity contribution in [2.75, 3.05) is 20.3 Å². The first-order valence-electron chi connectivity index (χ1n) is 9.93. The molecule has 5 atom stereocenters. The summed E-state index contributed by atoms with van der Waals surface area (Å²) >= 11 is 0. The van der Waals surface area contributed by atoms with Gasteiger partial charge in [0.25, 0.3) is 0 Å². The number of carboxylic acid groups (broad SMARTS) is 1. The molecule has 3 unspecified atom stereocenters. The van der Waals surface area contributed by atoms with Gasteiger partial charge >= 0.3 is 11.9 Å².